The Morgan fingerprint density at radius 1 is 1.19 bits per heavy atom. The van der Waals surface area contributed by atoms with Gasteiger partial charge in [-0.1, -0.05) is 32.0 Å². The fraction of sp³-hybridized carbons (Fsp3) is 0.500. The van der Waals surface area contributed by atoms with Gasteiger partial charge in [0.15, 0.2) is 0 Å². The highest BCUT2D eigenvalue weighted by Gasteiger charge is 2.37. The van der Waals surface area contributed by atoms with E-state index in [-0.39, 0.29) is 11.6 Å². The van der Waals surface area contributed by atoms with Gasteiger partial charge in [-0.05, 0) is 43.8 Å². The molecule has 0 fully saturated rings. The minimum absolute atomic E-state index is 0.153. The van der Waals surface area contributed by atoms with Crippen LogP contribution in [0, 0.1) is 0 Å². The van der Waals surface area contributed by atoms with Crippen molar-refractivity contribution in [3.63, 3.8) is 0 Å². The molecule has 2 rings (SSSR count). The first-order valence-corrected chi connectivity index (χ1v) is 7.86. The van der Waals surface area contributed by atoms with Crippen molar-refractivity contribution in [2.75, 3.05) is 13.7 Å². The molecule has 1 heterocycles. The fourth-order valence-electron chi connectivity index (χ4n) is 3.32. The molecule has 114 valence electrons. The van der Waals surface area contributed by atoms with E-state index in [9.17, 15) is 0 Å². The highest BCUT2D eigenvalue weighted by atomic mass is 16.5. The lowest BCUT2D eigenvalue weighted by atomic mass is 9.82. The molecule has 0 saturated heterocycles. The number of nitrogens with one attached hydrogen (secondary N) is 1. The van der Waals surface area contributed by atoms with E-state index in [0.29, 0.717) is 0 Å². The maximum atomic E-state index is 6.20. The molecule has 0 bridgehead atoms. The van der Waals surface area contributed by atoms with E-state index < -0.39 is 0 Å². The number of hydrogen-bond acceptors (Lipinski definition) is 3. The van der Waals surface area contributed by atoms with E-state index in [0.717, 1.165) is 19.4 Å². The van der Waals surface area contributed by atoms with Crippen LogP contribution in [0.25, 0.3) is 10.8 Å². The van der Waals surface area contributed by atoms with Crippen LogP contribution < -0.4 is 5.32 Å². The number of aromatic nitrogens is 1. The summed E-state index contributed by atoms with van der Waals surface area (Å²) in [5.74, 6) is 0. The predicted molar refractivity (Wildman–Crippen MR) is 88.5 cm³/mol. The number of benzene rings is 1. The average Bonchev–Trinajstić information content (AvgIpc) is 2.54. The van der Waals surface area contributed by atoms with Gasteiger partial charge in [0.05, 0.1) is 11.6 Å². The van der Waals surface area contributed by atoms with Crippen LogP contribution in [0.3, 0.4) is 0 Å². The zero-order valence-corrected chi connectivity index (χ0v) is 13.5. The van der Waals surface area contributed by atoms with Gasteiger partial charge in [-0.2, -0.15) is 0 Å². The summed E-state index contributed by atoms with van der Waals surface area (Å²) in [6.07, 6.45) is 5.74. The first-order chi connectivity index (χ1) is 10.2. The molecular weight excluding hydrogens is 260 g/mol. The smallest absolute Gasteiger partial charge is 0.0871 e. The van der Waals surface area contributed by atoms with Gasteiger partial charge in [0.2, 0.25) is 0 Å². The highest BCUT2D eigenvalue weighted by molar-refractivity contribution is 5.85. The van der Waals surface area contributed by atoms with Gasteiger partial charge in [0, 0.05) is 24.4 Å². The average molecular weight is 286 g/mol. The molecule has 21 heavy (non-hydrogen) atoms. The zero-order valence-electron chi connectivity index (χ0n) is 13.5. The van der Waals surface area contributed by atoms with Crippen LogP contribution in [-0.2, 0) is 4.74 Å². The summed E-state index contributed by atoms with van der Waals surface area (Å²) >= 11 is 0. The molecule has 0 spiro atoms. The van der Waals surface area contributed by atoms with Crippen molar-refractivity contribution in [1.29, 1.82) is 0 Å². The Morgan fingerprint density at radius 2 is 1.95 bits per heavy atom. The molecule has 1 aromatic carbocycles. The molecule has 0 aliphatic rings. The van der Waals surface area contributed by atoms with Crippen molar-refractivity contribution in [3.8, 4) is 0 Å². The zero-order chi connectivity index (χ0) is 15.3. The third kappa shape index (κ3) is 2.94. The van der Waals surface area contributed by atoms with Crippen LogP contribution in [0.5, 0.6) is 0 Å². The molecule has 3 heteroatoms. The second-order valence-electron chi connectivity index (χ2n) is 5.37. The first kappa shape index (κ1) is 15.9. The molecule has 0 aliphatic heterocycles. The van der Waals surface area contributed by atoms with Crippen LogP contribution in [-0.4, -0.2) is 24.2 Å². The molecule has 0 aliphatic carbocycles. The van der Waals surface area contributed by atoms with E-state index in [1.54, 1.807) is 0 Å². The summed E-state index contributed by atoms with van der Waals surface area (Å²) in [6.45, 7) is 7.19. The predicted octanol–water partition coefficient (Wildman–Crippen LogP) is 4.09. The van der Waals surface area contributed by atoms with E-state index in [1.807, 2.05) is 19.4 Å². The summed E-state index contributed by atoms with van der Waals surface area (Å²) in [4.78, 5) is 4.30. The molecule has 1 aromatic heterocycles. The third-order valence-corrected chi connectivity index (χ3v) is 4.47. The molecule has 1 atom stereocenters. The quantitative estimate of drug-likeness (QED) is 0.832. The maximum Gasteiger partial charge on any atom is 0.0871 e. The van der Waals surface area contributed by atoms with E-state index >= 15 is 0 Å². The topological polar surface area (TPSA) is 34.1 Å². The Bertz CT molecular complexity index is 573. The molecule has 0 amide bonds. The van der Waals surface area contributed by atoms with Crippen LogP contribution in [0.15, 0.2) is 36.7 Å². The summed E-state index contributed by atoms with van der Waals surface area (Å²) in [5, 5.41) is 5.91. The normalized spacial score (nSPS) is 13.5. The molecule has 2 aromatic rings. The Kier molecular flexibility index (Phi) is 5.32. The Labute approximate surface area is 127 Å². The van der Waals surface area contributed by atoms with Crippen molar-refractivity contribution in [1.82, 2.24) is 10.3 Å². The van der Waals surface area contributed by atoms with Gasteiger partial charge in [-0.3, -0.25) is 4.98 Å². The summed E-state index contributed by atoms with van der Waals surface area (Å²) in [6, 6.07) is 8.65. The second-order valence-corrected chi connectivity index (χ2v) is 5.37. The third-order valence-electron chi connectivity index (χ3n) is 4.47. The molecule has 3 nitrogen and oxygen atoms in total. The second kappa shape index (κ2) is 7.01. The Balaban J connectivity index is 2.57. The number of fused-ring (bicyclic) bond motifs is 1. The lowest BCUT2D eigenvalue weighted by Gasteiger charge is -2.40. The highest BCUT2D eigenvalue weighted by Crippen LogP contribution is 2.37. The van der Waals surface area contributed by atoms with Gasteiger partial charge < -0.3 is 10.1 Å². The van der Waals surface area contributed by atoms with Gasteiger partial charge in [-0.15, -0.1) is 0 Å². The monoisotopic (exact) mass is 286 g/mol. The number of likely N-dealkylation sites (N-methyl/N-ethyl adjacent to an activating group) is 1. The number of rotatable bonds is 7. The summed E-state index contributed by atoms with van der Waals surface area (Å²) < 4.78 is 6.20. The SMILES string of the molecule is CCOC(CC)(CC)C(NC)c1cccc2ccncc12. The van der Waals surface area contributed by atoms with E-state index in [1.165, 1.54) is 16.3 Å². The van der Waals surface area contributed by atoms with Gasteiger partial charge >= 0.3 is 0 Å². The van der Waals surface area contributed by atoms with Crippen LogP contribution >= 0.6 is 0 Å². The van der Waals surface area contributed by atoms with Crippen LogP contribution in [0.1, 0.15) is 45.2 Å². The Hall–Kier alpha value is -1.45. The van der Waals surface area contributed by atoms with Crippen molar-refractivity contribution < 1.29 is 4.74 Å². The van der Waals surface area contributed by atoms with Crippen molar-refractivity contribution >= 4 is 10.8 Å². The molecule has 0 radical (unpaired) electrons. The van der Waals surface area contributed by atoms with Gasteiger partial charge in [-0.25, -0.2) is 0 Å². The lowest BCUT2D eigenvalue weighted by Crippen LogP contribution is -2.44. The fourth-order valence-corrected chi connectivity index (χ4v) is 3.32. The number of nitrogens with zero attached hydrogens (tertiary/aromatic N) is 1. The first-order valence-electron chi connectivity index (χ1n) is 7.86. The molecular formula is C18H26N2O. The van der Waals surface area contributed by atoms with Crippen molar-refractivity contribution in [2.45, 2.75) is 45.3 Å². The number of hydrogen-bond donors (Lipinski definition) is 1. The maximum absolute atomic E-state index is 6.20. The minimum atomic E-state index is -0.187. The molecule has 1 N–H and O–H groups in total. The molecule has 0 saturated carbocycles. The van der Waals surface area contributed by atoms with Gasteiger partial charge in [0.1, 0.15) is 0 Å². The largest absolute Gasteiger partial charge is 0.373 e. The summed E-state index contributed by atoms with van der Waals surface area (Å²) in [5.41, 5.74) is 1.08. The van der Waals surface area contributed by atoms with Crippen molar-refractivity contribution in [2.24, 2.45) is 0 Å². The van der Waals surface area contributed by atoms with E-state index in [4.69, 9.17) is 4.74 Å². The number of pyridine rings is 1. The van der Waals surface area contributed by atoms with Gasteiger partial charge in [0.25, 0.3) is 0 Å². The summed E-state index contributed by atoms with van der Waals surface area (Å²) in [7, 11) is 2.01. The number of ether oxygens (including phenoxy) is 1. The molecule has 1 unspecified atom stereocenters. The lowest BCUT2D eigenvalue weighted by molar-refractivity contribution is -0.0714. The van der Waals surface area contributed by atoms with Crippen LogP contribution in [0.4, 0.5) is 0 Å². The van der Waals surface area contributed by atoms with Crippen LogP contribution in [0.2, 0.25) is 0 Å². The minimum Gasteiger partial charge on any atom is -0.373 e. The van der Waals surface area contributed by atoms with Crippen molar-refractivity contribution in [3.05, 3.63) is 42.2 Å². The van der Waals surface area contributed by atoms with E-state index in [2.05, 4.69) is 55.3 Å². The Morgan fingerprint density at radius 3 is 2.57 bits per heavy atom. The standard InChI is InChI=1S/C18H26N2O/c1-5-18(6-2,21-7-3)17(19-4)15-10-8-9-14-11-12-20-13-16(14)15/h8-13,17,19H,5-7H2,1-4H3.